The maximum atomic E-state index is 12.4. The van der Waals surface area contributed by atoms with Gasteiger partial charge in [-0.05, 0) is 43.9 Å². The van der Waals surface area contributed by atoms with Gasteiger partial charge >= 0.3 is 5.97 Å². The van der Waals surface area contributed by atoms with E-state index < -0.39 is 17.9 Å². The molecule has 1 unspecified atom stereocenters. The Bertz CT molecular complexity index is 1060. The zero-order chi connectivity index (χ0) is 48.4. The van der Waals surface area contributed by atoms with Crippen molar-refractivity contribution in [1.82, 2.24) is 0 Å². The highest BCUT2D eigenvalue weighted by Crippen LogP contribution is 2.35. The molecule has 5 nitrogen and oxygen atoms in total. The van der Waals surface area contributed by atoms with Gasteiger partial charge in [0.15, 0.2) is 0 Å². The van der Waals surface area contributed by atoms with Gasteiger partial charge < -0.3 is 19.3 Å². The number of carboxylic acids is 1. The number of carboxylic acid groups (broad SMARTS) is 1. The third-order valence-electron chi connectivity index (χ3n) is 14.8. The molecule has 1 rings (SSSR count). The molecule has 5 heteroatoms. The molecule has 0 bridgehead atoms. The molecular weight excluding hydrogens is 825 g/mol. The lowest BCUT2D eigenvalue weighted by Gasteiger charge is -2.41. The molecule has 0 aromatic rings. The molecule has 1 aliphatic rings. The Balaban J connectivity index is 2.52. The van der Waals surface area contributed by atoms with Crippen molar-refractivity contribution in [2.24, 2.45) is 0 Å². The lowest BCUT2D eigenvalue weighted by molar-refractivity contribution is -0.256. The maximum absolute atomic E-state index is 12.4. The fraction of sp³-hybridized carbons (Fsp3) is 0.919. The molecule has 1 atom stereocenters. The first kappa shape index (κ1) is 63.8. The molecule has 67 heavy (non-hydrogen) atoms. The largest absolute Gasteiger partial charge is 0.478 e. The predicted molar refractivity (Wildman–Crippen MR) is 292 cm³/mol. The second kappa shape index (κ2) is 49.8. The smallest absolute Gasteiger partial charge is 0.335 e. The Morgan fingerprint density at radius 3 is 0.851 bits per heavy atom. The first-order valence-electron chi connectivity index (χ1n) is 30.5. The Labute approximate surface area is 419 Å². The van der Waals surface area contributed by atoms with E-state index in [9.17, 15) is 9.90 Å². The van der Waals surface area contributed by atoms with Crippen molar-refractivity contribution in [3.63, 3.8) is 0 Å². The van der Waals surface area contributed by atoms with Gasteiger partial charge in [0.1, 0.15) is 6.10 Å². The Hall–Kier alpha value is -1.17. The fourth-order valence-electron chi connectivity index (χ4n) is 10.2. The molecule has 0 heterocycles. The van der Waals surface area contributed by atoms with E-state index in [2.05, 4.69) is 20.8 Å². The van der Waals surface area contributed by atoms with Gasteiger partial charge in [0.05, 0.1) is 18.8 Å². The minimum absolute atomic E-state index is 0.310. The zero-order valence-electron chi connectivity index (χ0n) is 45.9. The topological polar surface area (TPSA) is 65.0 Å². The molecule has 0 spiro atoms. The van der Waals surface area contributed by atoms with E-state index >= 15 is 0 Å². The normalized spacial score (nSPS) is 14.8. The van der Waals surface area contributed by atoms with Crippen LogP contribution in [0.1, 0.15) is 336 Å². The molecule has 396 valence electrons. The van der Waals surface area contributed by atoms with E-state index in [0.29, 0.717) is 31.0 Å². The van der Waals surface area contributed by atoms with Crippen molar-refractivity contribution in [3.05, 3.63) is 23.3 Å². The highest BCUT2D eigenvalue weighted by Gasteiger charge is 2.45. The van der Waals surface area contributed by atoms with Crippen molar-refractivity contribution in [2.75, 3.05) is 19.8 Å². The summed E-state index contributed by atoms with van der Waals surface area (Å²) >= 11 is 0. The van der Waals surface area contributed by atoms with Crippen LogP contribution in [0.5, 0.6) is 0 Å². The van der Waals surface area contributed by atoms with Crippen LogP contribution in [0, 0.1) is 0 Å². The number of ether oxygens (including phenoxy) is 3. The molecule has 1 N–H and O–H groups in total. The first-order chi connectivity index (χ1) is 33.0. The van der Waals surface area contributed by atoms with Crippen LogP contribution in [0.2, 0.25) is 0 Å². The summed E-state index contributed by atoms with van der Waals surface area (Å²) in [6, 6.07) is 0. The molecule has 0 saturated carbocycles. The molecule has 0 fully saturated rings. The van der Waals surface area contributed by atoms with Crippen LogP contribution in [0.4, 0.5) is 0 Å². The zero-order valence-corrected chi connectivity index (χ0v) is 45.9. The second-order valence-corrected chi connectivity index (χ2v) is 21.3. The van der Waals surface area contributed by atoms with E-state index in [0.717, 1.165) is 38.5 Å². The Morgan fingerprint density at radius 2 is 0.612 bits per heavy atom. The summed E-state index contributed by atoms with van der Waals surface area (Å²) in [5, 5.41) is 10.1. The van der Waals surface area contributed by atoms with Gasteiger partial charge in [0, 0.05) is 6.61 Å². The summed E-state index contributed by atoms with van der Waals surface area (Å²) in [6.45, 7) is 10.6. The summed E-state index contributed by atoms with van der Waals surface area (Å²) in [4.78, 5) is 12.4. The highest BCUT2D eigenvalue weighted by atomic mass is 16.7. The Morgan fingerprint density at radius 1 is 0.388 bits per heavy atom. The van der Waals surface area contributed by atoms with Crippen molar-refractivity contribution in [2.45, 2.75) is 348 Å². The quantitative estimate of drug-likeness (QED) is 0.0486. The lowest BCUT2D eigenvalue weighted by Crippen LogP contribution is -2.50. The average molecular weight is 944 g/mol. The predicted octanol–water partition coefficient (Wildman–Crippen LogP) is 20.9. The van der Waals surface area contributed by atoms with Gasteiger partial charge in [0.2, 0.25) is 5.79 Å². The van der Waals surface area contributed by atoms with Crippen LogP contribution in [0.3, 0.4) is 0 Å². The molecule has 0 aliphatic heterocycles. The van der Waals surface area contributed by atoms with Gasteiger partial charge in [-0.25, -0.2) is 4.79 Å². The van der Waals surface area contributed by atoms with E-state index in [4.69, 9.17) is 14.2 Å². The Kier molecular flexibility index (Phi) is 47.5. The van der Waals surface area contributed by atoms with Crippen molar-refractivity contribution in [1.29, 1.82) is 0 Å². The number of hydrogen-bond acceptors (Lipinski definition) is 4. The molecule has 0 amide bonds. The average Bonchev–Trinajstić information content (AvgIpc) is 3.32. The summed E-state index contributed by atoms with van der Waals surface area (Å²) in [5.74, 6) is -1.99. The number of unbranched alkanes of at least 4 members (excludes halogenated alkanes) is 45. The van der Waals surface area contributed by atoms with Gasteiger partial charge in [-0.2, -0.15) is 0 Å². The number of carbonyl (C=O) groups is 1. The SMILES string of the molecule is CCCCCCCCCCCCCCCCCCOC1C(C)=C(C(=O)O)C=CC1(OCCCCCCCCCCCCCCCCCC)OCCCCCCCCCCCCCCCCCC. The van der Waals surface area contributed by atoms with Crippen LogP contribution in [0.15, 0.2) is 23.3 Å². The summed E-state index contributed by atoms with van der Waals surface area (Å²) in [5.41, 5.74) is 1.02. The monoisotopic (exact) mass is 943 g/mol. The first-order valence-corrected chi connectivity index (χ1v) is 30.5. The number of rotatable bonds is 55. The molecule has 0 saturated heterocycles. The van der Waals surface area contributed by atoms with Crippen molar-refractivity contribution < 1.29 is 24.1 Å². The van der Waals surface area contributed by atoms with Crippen LogP contribution >= 0.6 is 0 Å². The third kappa shape index (κ3) is 38.2. The molecule has 1 aliphatic carbocycles. The van der Waals surface area contributed by atoms with E-state index in [1.807, 2.05) is 13.0 Å². The molecule has 0 aromatic heterocycles. The van der Waals surface area contributed by atoms with E-state index in [1.54, 1.807) is 6.08 Å². The molecule has 0 aromatic carbocycles. The van der Waals surface area contributed by atoms with Crippen molar-refractivity contribution in [3.8, 4) is 0 Å². The molecule has 0 radical (unpaired) electrons. The summed E-state index contributed by atoms with van der Waals surface area (Å²) in [7, 11) is 0. The van der Waals surface area contributed by atoms with Crippen LogP contribution < -0.4 is 0 Å². The van der Waals surface area contributed by atoms with Gasteiger partial charge in [-0.15, -0.1) is 0 Å². The third-order valence-corrected chi connectivity index (χ3v) is 14.8. The summed E-state index contributed by atoms with van der Waals surface area (Å²) < 4.78 is 20.2. The van der Waals surface area contributed by atoms with Gasteiger partial charge in [-0.3, -0.25) is 0 Å². The van der Waals surface area contributed by atoms with Crippen LogP contribution in [-0.2, 0) is 19.0 Å². The summed E-state index contributed by atoms with van der Waals surface area (Å²) in [6.07, 6.45) is 67.3. The fourth-order valence-corrected chi connectivity index (χ4v) is 10.2. The minimum atomic E-state index is -1.08. The van der Waals surface area contributed by atoms with Crippen molar-refractivity contribution >= 4 is 5.97 Å². The molecular formula is C62H118O5. The van der Waals surface area contributed by atoms with Gasteiger partial charge in [-0.1, -0.05) is 310 Å². The highest BCUT2D eigenvalue weighted by molar-refractivity contribution is 5.91. The van der Waals surface area contributed by atoms with Gasteiger partial charge in [0.25, 0.3) is 0 Å². The van der Waals surface area contributed by atoms with Crippen LogP contribution in [-0.4, -0.2) is 42.8 Å². The van der Waals surface area contributed by atoms with E-state index in [1.165, 1.54) is 270 Å². The number of hydrogen-bond donors (Lipinski definition) is 1. The lowest BCUT2D eigenvalue weighted by atomic mass is 9.90. The second-order valence-electron chi connectivity index (χ2n) is 21.3. The standard InChI is InChI=1S/C62H118O5/c1-5-8-11-14-17-20-23-26-29-32-35-38-41-44-47-50-55-65-60-58(4)59(61(63)64)53-54-62(60,66-56-51-48-45-42-39-36-33-30-27-24-21-18-15-12-9-6-2)67-57-52-49-46-43-40-37-34-31-28-25-22-19-16-13-10-7-3/h53-54,60H,5-52,55-57H2,1-4H3,(H,63,64). The van der Waals surface area contributed by atoms with Crippen LogP contribution in [0.25, 0.3) is 0 Å². The number of aliphatic carboxylic acids is 1. The minimum Gasteiger partial charge on any atom is -0.478 e. The van der Waals surface area contributed by atoms with E-state index in [-0.39, 0.29) is 0 Å². The maximum Gasteiger partial charge on any atom is 0.335 e.